The molecule has 44 valence electrons. The number of nitrogens with zero attached hydrogens (tertiary/aromatic N) is 1. The van der Waals surface area contributed by atoms with Crippen molar-refractivity contribution >= 4 is 0 Å². The van der Waals surface area contributed by atoms with Crippen LogP contribution in [0.15, 0.2) is 0 Å². The molecule has 7 heteroatoms. The minimum absolute atomic E-state index is 0. The van der Waals surface area contributed by atoms with E-state index in [0.717, 1.165) is 0 Å². The Morgan fingerprint density at radius 1 is 1.29 bits per heavy atom. The van der Waals surface area contributed by atoms with Crippen LogP contribution in [0.5, 0.6) is 0 Å². The summed E-state index contributed by atoms with van der Waals surface area (Å²) in [5.41, 5.74) is 0. The Hall–Kier alpha value is 0.497. The van der Waals surface area contributed by atoms with E-state index in [1.165, 1.54) is 0 Å². The molecule has 0 aliphatic rings. The van der Waals surface area contributed by atoms with Gasteiger partial charge in [0.2, 0.25) is 0 Å². The predicted octanol–water partition coefficient (Wildman–Crippen LogP) is -1.99. The van der Waals surface area contributed by atoms with Crippen molar-refractivity contribution in [3.05, 3.63) is 15.3 Å². The molecule has 0 bridgehead atoms. The molecule has 0 rings (SSSR count). The van der Waals surface area contributed by atoms with E-state index in [2.05, 4.69) is 0 Å². The molecule has 0 fully saturated rings. The molecule has 0 aliphatic carbocycles. The van der Waals surface area contributed by atoms with E-state index in [-0.39, 0.29) is 52.7 Å². The van der Waals surface area contributed by atoms with E-state index in [9.17, 15) is 0 Å². The molecular formula is H5CeNO5. The van der Waals surface area contributed by atoms with E-state index in [1.54, 1.807) is 0 Å². The molecule has 0 saturated carbocycles. The standard InChI is InChI=1S/Ce.NO3.2H2O/c;2-1(3)4;;/h;;2*1H2/q;-1;;/p+1. The minimum Gasteiger partial charge on any atom is -0.457 e. The molecule has 5 N–H and O–H groups in total. The molecule has 6 nitrogen and oxygen atoms in total. The zero-order valence-electron chi connectivity index (χ0n) is 3.25. The van der Waals surface area contributed by atoms with E-state index < -0.39 is 5.09 Å². The predicted molar refractivity (Wildman–Crippen MR) is 18.8 cm³/mol. The first kappa shape index (κ1) is 25.9. The minimum atomic E-state index is -1.75. The molecule has 0 aliphatic heterocycles. The van der Waals surface area contributed by atoms with Crippen molar-refractivity contribution in [2.45, 2.75) is 0 Å². The quantitative estimate of drug-likeness (QED) is 0.275. The van der Waals surface area contributed by atoms with Gasteiger partial charge in [-0.15, -0.1) is 0 Å². The maximum atomic E-state index is 8.25. The van der Waals surface area contributed by atoms with Crippen molar-refractivity contribution in [2.75, 3.05) is 0 Å². The first-order valence-electron chi connectivity index (χ1n) is 0.548. The van der Waals surface area contributed by atoms with Crippen LogP contribution in [0.25, 0.3) is 0 Å². The van der Waals surface area contributed by atoms with Crippen LogP contribution >= 0.6 is 0 Å². The fraction of sp³-hybridized carbons (Fsp3) is 0. The average Bonchev–Trinajstić information content (AvgIpc) is 0.811. The average molecular weight is 239 g/mol. The smallest absolute Gasteiger partial charge is 0.0689 e. The maximum Gasteiger partial charge on any atom is 0.0689 e. The topological polar surface area (TPSA) is 131 Å². The Morgan fingerprint density at radius 2 is 1.29 bits per heavy atom. The third-order valence-electron chi connectivity index (χ3n) is 0. The Labute approximate surface area is 72.6 Å². The summed E-state index contributed by atoms with van der Waals surface area (Å²) in [5, 5.41) is 14.8. The van der Waals surface area contributed by atoms with Crippen molar-refractivity contribution in [2.24, 2.45) is 0 Å². The van der Waals surface area contributed by atoms with Gasteiger partial charge < -0.3 is 26.3 Å². The van der Waals surface area contributed by atoms with Gasteiger partial charge in [-0.2, -0.15) is 0 Å². The zero-order valence-corrected chi connectivity index (χ0v) is 6.39. The first-order chi connectivity index (χ1) is 1.73. The number of hydrogen-bond donors (Lipinski definition) is 0. The number of rotatable bonds is 0. The Balaban J connectivity index is -0.0000000150. The van der Waals surface area contributed by atoms with Gasteiger partial charge in [0.25, 0.3) is 0 Å². The second kappa shape index (κ2) is 16.1. The molecule has 7 heavy (non-hydrogen) atoms. The molecule has 0 aromatic heterocycles. The van der Waals surface area contributed by atoms with E-state index in [1.807, 2.05) is 0 Å². The molecular weight excluding hydrogens is 234 g/mol. The van der Waals surface area contributed by atoms with Crippen LogP contribution in [0, 0.1) is 57.1 Å². The molecule has 0 heterocycles. The normalized spacial score (nSPS) is 3.43. The van der Waals surface area contributed by atoms with Gasteiger partial charge in [-0.3, -0.25) is 0 Å². The fourth-order valence-corrected chi connectivity index (χ4v) is 0. The molecule has 0 radical (unpaired) electrons. The van der Waals surface area contributed by atoms with Crippen molar-refractivity contribution in [1.29, 1.82) is 0 Å². The van der Waals surface area contributed by atoms with Crippen molar-refractivity contribution in [1.82, 2.24) is 0 Å². The summed E-state index contributed by atoms with van der Waals surface area (Å²) in [6.07, 6.45) is 0. The fourth-order valence-electron chi connectivity index (χ4n) is 0. The summed E-state index contributed by atoms with van der Waals surface area (Å²) in [6.45, 7) is 0. The van der Waals surface area contributed by atoms with Crippen LogP contribution in [0.2, 0.25) is 0 Å². The molecule has 0 aromatic carbocycles. The number of hydrogen-bond acceptors (Lipinski definition) is 3. The van der Waals surface area contributed by atoms with Gasteiger partial charge in [0.05, 0.1) is 5.09 Å². The summed E-state index contributed by atoms with van der Waals surface area (Å²) in [7, 11) is 0. The second-order valence-corrected chi connectivity index (χ2v) is 0.224. The Kier molecular flexibility index (Phi) is 59.4. The van der Waals surface area contributed by atoms with Crippen LogP contribution in [0.4, 0.5) is 0 Å². The van der Waals surface area contributed by atoms with Crippen molar-refractivity contribution in [3.8, 4) is 0 Å². The van der Waals surface area contributed by atoms with Crippen LogP contribution in [-0.2, 0) is 5.48 Å². The summed E-state index contributed by atoms with van der Waals surface area (Å²) in [6, 6.07) is 0. The van der Waals surface area contributed by atoms with Gasteiger partial charge in [0.15, 0.2) is 0 Å². The third kappa shape index (κ3) is 533. The Bertz CT molecular complexity index is 31.1. The summed E-state index contributed by atoms with van der Waals surface area (Å²) in [4.78, 5) is 8.25. The molecule has 0 unspecified atom stereocenters. The SMILES string of the molecule is O.O=[N+]([O-])[O-].[Ce].[OH3+]. The van der Waals surface area contributed by atoms with Crippen LogP contribution < -0.4 is 0 Å². The largest absolute Gasteiger partial charge is 0.457 e. The van der Waals surface area contributed by atoms with Gasteiger partial charge in [-0.1, -0.05) is 0 Å². The van der Waals surface area contributed by atoms with Gasteiger partial charge >= 0.3 is 0 Å². The van der Waals surface area contributed by atoms with E-state index in [4.69, 9.17) is 15.3 Å². The molecule has 0 saturated heterocycles. The van der Waals surface area contributed by atoms with Crippen molar-refractivity contribution in [3.63, 3.8) is 0 Å². The summed E-state index contributed by atoms with van der Waals surface area (Å²) < 4.78 is 0. The van der Waals surface area contributed by atoms with Crippen molar-refractivity contribution < 1.29 is 57.8 Å². The summed E-state index contributed by atoms with van der Waals surface area (Å²) in [5.74, 6) is 0. The van der Waals surface area contributed by atoms with Gasteiger partial charge in [-0.05, 0) is 0 Å². The second-order valence-electron chi connectivity index (χ2n) is 0.224. The molecule has 0 atom stereocenters. The van der Waals surface area contributed by atoms with E-state index in [0.29, 0.717) is 0 Å². The molecule has 0 amide bonds. The van der Waals surface area contributed by atoms with Gasteiger partial charge in [0, 0.05) is 41.7 Å². The Morgan fingerprint density at radius 3 is 1.29 bits per heavy atom. The third-order valence-corrected chi connectivity index (χ3v) is 0. The molecule has 0 spiro atoms. The van der Waals surface area contributed by atoms with Crippen LogP contribution in [0.3, 0.4) is 0 Å². The monoisotopic (exact) mass is 239 g/mol. The summed E-state index contributed by atoms with van der Waals surface area (Å²) >= 11 is 0. The van der Waals surface area contributed by atoms with Crippen LogP contribution in [-0.4, -0.2) is 10.6 Å². The first-order valence-corrected chi connectivity index (χ1v) is 0.548. The molecule has 0 aromatic rings. The maximum absolute atomic E-state index is 8.25. The van der Waals surface area contributed by atoms with Gasteiger partial charge in [-0.25, -0.2) is 0 Å². The van der Waals surface area contributed by atoms with Crippen LogP contribution in [0.1, 0.15) is 0 Å². The zero-order chi connectivity index (χ0) is 3.58. The van der Waals surface area contributed by atoms with E-state index >= 15 is 0 Å². The van der Waals surface area contributed by atoms with Gasteiger partial charge in [0.1, 0.15) is 0 Å².